The molecule has 0 spiro atoms. The second kappa shape index (κ2) is 3.21. The van der Waals surface area contributed by atoms with Crippen molar-refractivity contribution in [3.8, 4) is 0 Å². The molecule has 0 aromatic heterocycles. The maximum Gasteiger partial charge on any atom is 0.337 e. The van der Waals surface area contributed by atoms with Gasteiger partial charge in [0.15, 0.2) is 5.54 Å². The minimum atomic E-state index is -1.55. The quantitative estimate of drug-likeness (QED) is 0.562. The van der Waals surface area contributed by atoms with Gasteiger partial charge in [-0.2, -0.15) is 0 Å². The number of rotatable bonds is 2. The van der Waals surface area contributed by atoms with Crippen molar-refractivity contribution in [3.05, 3.63) is 29.3 Å². The maximum atomic E-state index is 11.1. The van der Waals surface area contributed by atoms with Crippen molar-refractivity contribution >= 4 is 17.6 Å². The van der Waals surface area contributed by atoms with Crippen molar-refractivity contribution in [3.63, 3.8) is 0 Å². The Morgan fingerprint density at radius 1 is 1.38 bits per heavy atom. The molecule has 1 atom stereocenters. The Labute approximate surface area is 90.7 Å². The third-order valence-electron chi connectivity index (χ3n) is 2.70. The fourth-order valence-electron chi connectivity index (χ4n) is 1.81. The van der Waals surface area contributed by atoms with Crippen LogP contribution >= 0.6 is 0 Å². The minimum Gasteiger partial charge on any atom is -0.480 e. The number of hydrogen-bond donors (Lipinski definition) is 4. The van der Waals surface area contributed by atoms with Gasteiger partial charge in [-0.05, 0) is 6.07 Å². The molecule has 2 rings (SSSR count). The molecular formula is C10H10N2O4. The van der Waals surface area contributed by atoms with Crippen LogP contribution in [0, 0.1) is 0 Å². The van der Waals surface area contributed by atoms with Crippen LogP contribution in [0.25, 0.3) is 0 Å². The number of benzene rings is 1. The number of anilines is 1. The Morgan fingerprint density at radius 2 is 2.06 bits per heavy atom. The van der Waals surface area contributed by atoms with E-state index in [1.807, 2.05) is 0 Å². The number of fused-ring (bicyclic) bond motifs is 1. The van der Waals surface area contributed by atoms with Gasteiger partial charge in [0.2, 0.25) is 0 Å². The number of carboxylic acid groups (broad SMARTS) is 2. The molecule has 1 aliphatic rings. The number of aromatic carboxylic acids is 1. The van der Waals surface area contributed by atoms with Gasteiger partial charge in [0.05, 0.1) is 11.3 Å². The Morgan fingerprint density at radius 3 is 2.62 bits per heavy atom. The zero-order chi connectivity index (χ0) is 11.9. The number of nitrogens with two attached hydrogens (primary N) is 1. The monoisotopic (exact) mass is 222 g/mol. The van der Waals surface area contributed by atoms with Crippen LogP contribution in [0.2, 0.25) is 0 Å². The lowest BCUT2D eigenvalue weighted by molar-refractivity contribution is -0.142. The average molecular weight is 222 g/mol. The normalized spacial score (nSPS) is 22.3. The zero-order valence-electron chi connectivity index (χ0n) is 8.23. The summed E-state index contributed by atoms with van der Waals surface area (Å²) in [5.41, 5.74) is 4.80. The first-order valence-electron chi connectivity index (χ1n) is 4.60. The van der Waals surface area contributed by atoms with Crippen molar-refractivity contribution in [2.75, 3.05) is 11.9 Å². The third kappa shape index (κ3) is 1.24. The molecule has 0 radical (unpaired) electrons. The van der Waals surface area contributed by atoms with Crippen molar-refractivity contribution in [2.24, 2.45) is 5.73 Å². The van der Waals surface area contributed by atoms with Crippen molar-refractivity contribution in [2.45, 2.75) is 5.54 Å². The number of carboxylic acids is 2. The molecule has 0 fully saturated rings. The topological polar surface area (TPSA) is 113 Å². The molecule has 0 amide bonds. The molecule has 0 bridgehead atoms. The van der Waals surface area contributed by atoms with Crippen LogP contribution in [-0.2, 0) is 10.3 Å². The van der Waals surface area contributed by atoms with E-state index in [0.29, 0.717) is 11.3 Å². The van der Waals surface area contributed by atoms with Crippen molar-refractivity contribution in [1.82, 2.24) is 0 Å². The highest BCUT2D eigenvalue weighted by molar-refractivity contribution is 5.98. The smallest absolute Gasteiger partial charge is 0.337 e. The van der Waals surface area contributed by atoms with E-state index in [9.17, 15) is 9.59 Å². The van der Waals surface area contributed by atoms with Gasteiger partial charge >= 0.3 is 11.9 Å². The zero-order valence-corrected chi connectivity index (χ0v) is 8.23. The molecule has 16 heavy (non-hydrogen) atoms. The van der Waals surface area contributed by atoms with Crippen molar-refractivity contribution in [1.29, 1.82) is 0 Å². The molecule has 6 nitrogen and oxygen atoms in total. The van der Waals surface area contributed by atoms with Gasteiger partial charge in [0.1, 0.15) is 0 Å². The van der Waals surface area contributed by atoms with E-state index in [-0.39, 0.29) is 12.1 Å². The van der Waals surface area contributed by atoms with Crippen molar-refractivity contribution < 1.29 is 19.8 Å². The van der Waals surface area contributed by atoms with Gasteiger partial charge < -0.3 is 21.3 Å². The first-order valence-corrected chi connectivity index (χ1v) is 4.60. The van der Waals surface area contributed by atoms with Crippen LogP contribution in [0.4, 0.5) is 5.69 Å². The number of carbonyl (C=O) groups is 2. The molecule has 1 aromatic carbocycles. The Kier molecular flexibility index (Phi) is 2.09. The highest BCUT2D eigenvalue weighted by Gasteiger charge is 2.43. The molecule has 0 saturated carbocycles. The SMILES string of the molecule is NC1(C(=O)O)CNc2c(C(=O)O)cccc21. The van der Waals surface area contributed by atoms with E-state index in [2.05, 4.69) is 5.32 Å². The summed E-state index contributed by atoms with van der Waals surface area (Å²) in [6.07, 6.45) is 0. The van der Waals surface area contributed by atoms with Gasteiger partial charge in [-0.3, -0.25) is 0 Å². The van der Waals surface area contributed by atoms with Gasteiger partial charge in [0, 0.05) is 12.1 Å². The molecule has 1 unspecified atom stereocenters. The molecule has 5 N–H and O–H groups in total. The second-order valence-corrected chi connectivity index (χ2v) is 3.66. The predicted octanol–water partition coefficient (Wildman–Crippen LogP) is 0.0489. The number of nitrogens with one attached hydrogen (secondary N) is 1. The highest BCUT2D eigenvalue weighted by atomic mass is 16.4. The molecule has 1 heterocycles. The van der Waals surface area contributed by atoms with Crippen LogP contribution < -0.4 is 11.1 Å². The fraction of sp³-hybridized carbons (Fsp3) is 0.200. The summed E-state index contributed by atoms with van der Waals surface area (Å²) in [4.78, 5) is 22.0. The van der Waals surface area contributed by atoms with E-state index in [1.165, 1.54) is 18.2 Å². The van der Waals surface area contributed by atoms with E-state index in [1.54, 1.807) is 0 Å². The Balaban J connectivity index is 2.62. The number of hydrogen-bond acceptors (Lipinski definition) is 4. The lowest BCUT2D eigenvalue weighted by Gasteiger charge is -2.17. The van der Waals surface area contributed by atoms with Crippen LogP contribution in [0.15, 0.2) is 18.2 Å². The summed E-state index contributed by atoms with van der Waals surface area (Å²) in [6, 6.07) is 4.41. The van der Waals surface area contributed by atoms with Crippen LogP contribution in [0.1, 0.15) is 15.9 Å². The van der Waals surface area contributed by atoms with Crippen LogP contribution in [0.3, 0.4) is 0 Å². The molecule has 1 aliphatic heterocycles. The van der Waals surface area contributed by atoms with Gasteiger partial charge in [-0.1, -0.05) is 12.1 Å². The molecule has 0 aliphatic carbocycles. The molecular weight excluding hydrogens is 212 g/mol. The summed E-state index contributed by atoms with van der Waals surface area (Å²) in [7, 11) is 0. The van der Waals surface area contributed by atoms with Crippen LogP contribution in [-0.4, -0.2) is 28.7 Å². The highest BCUT2D eigenvalue weighted by Crippen LogP contribution is 2.35. The minimum absolute atomic E-state index is 0.0119. The standard InChI is InChI=1S/C10H10N2O4/c11-10(9(15)16)4-12-7-5(8(13)14)2-1-3-6(7)10/h1-3,12H,4,11H2,(H,13,14)(H,15,16). The molecule has 0 saturated heterocycles. The van der Waals surface area contributed by atoms with E-state index in [0.717, 1.165) is 0 Å². The van der Waals surface area contributed by atoms with E-state index < -0.39 is 17.5 Å². The summed E-state index contributed by atoms with van der Waals surface area (Å²) in [5.74, 6) is -2.29. The summed E-state index contributed by atoms with van der Waals surface area (Å²) >= 11 is 0. The molecule has 1 aromatic rings. The number of aliphatic carboxylic acids is 1. The average Bonchev–Trinajstić information content (AvgIpc) is 2.58. The summed E-state index contributed by atoms with van der Waals surface area (Å²) < 4.78 is 0. The second-order valence-electron chi connectivity index (χ2n) is 3.66. The Hall–Kier alpha value is -2.08. The largest absolute Gasteiger partial charge is 0.480 e. The van der Waals surface area contributed by atoms with Gasteiger partial charge in [-0.15, -0.1) is 0 Å². The van der Waals surface area contributed by atoms with Gasteiger partial charge in [-0.25, -0.2) is 9.59 Å². The third-order valence-corrected chi connectivity index (χ3v) is 2.70. The molecule has 6 heteroatoms. The van der Waals surface area contributed by atoms with Gasteiger partial charge in [0.25, 0.3) is 0 Å². The first-order chi connectivity index (χ1) is 7.47. The lowest BCUT2D eigenvalue weighted by Crippen LogP contribution is -2.46. The lowest BCUT2D eigenvalue weighted by atomic mass is 9.92. The Bertz CT molecular complexity index is 486. The fourth-order valence-corrected chi connectivity index (χ4v) is 1.81. The van der Waals surface area contributed by atoms with Crippen LogP contribution in [0.5, 0.6) is 0 Å². The maximum absolute atomic E-state index is 11.1. The van der Waals surface area contributed by atoms with E-state index in [4.69, 9.17) is 15.9 Å². The van der Waals surface area contributed by atoms with E-state index >= 15 is 0 Å². The number of para-hydroxylation sites is 1. The predicted molar refractivity (Wildman–Crippen MR) is 55.4 cm³/mol. The molecule has 84 valence electrons. The summed E-state index contributed by atoms with van der Waals surface area (Å²) in [5, 5.41) is 20.7. The summed E-state index contributed by atoms with van der Waals surface area (Å²) in [6.45, 7) is -0.0119. The first kappa shape index (κ1) is 10.4.